The highest BCUT2D eigenvalue weighted by atomic mass is 32.1. The van der Waals surface area contributed by atoms with E-state index in [0.29, 0.717) is 29.0 Å². The lowest BCUT2D eigenvalue weighted by Crippen LogP contribution is -2.44. The minimum Gasteiger partial charge on any atom is -0.493 e. The number of ether oxygens (including phenoxy) is 3. The van der Waals surface area contributed by atoms with Crippen LogP contribution in [0, 0.1) is 0 Å². The Kier molecular flexibility index (Phi) is 7.63. The molecule has 0 spiro atoms. The lowest BCUT2D eigenvalue weighted by Gasteiger charge is -2.21. The number of rotatable bonds is 7. The number of methoxy groups -OCH3 is 2. The van der Waals surface area contributed by atoms with Crippen LogP contribution in [0.1, 0.15) is 31.9 Å². The third-order valence-electron chi connectivity index (χ3n) is 3.58. The molecule has 0 aliphatic rings. The molecule has 2 aromatic rings. The summed E-state index contributed by atoms with van der Waals surface area (Å²) in [6, 6.07) is 13.6. The van der Waals surface area contributed by atoms with Crippen LogP contribution in [0.2, 0.25) is 0 Å². The van der Waals surface area contributed by atoms with Crippen molar-refractivity contribution in [3.63, 3.8) is 0 Å². The highest BCUT2D eigenvalue weighted by Crippen LogP contribution is 2.38. The van der Waals surface area contributed by atoms with Gasteiger partial charge in [-0.3, -0.25) is 5.43 Å². The molecule has 7 heteroatoms. The van der Waals surface area contributed by atoms with Gasteiger partial charge in [0.05, 0.1) is 20.4 Å². The van der Waals surface area contributed by atoms with Crippen LogP contribution in [0.3, 0.4) is 0 Å². The Balaban J connectivity index is 2.12. The van der Waals surface area contributed by atoms with E-state index in [9.17, 15) is 0 Å². The van der Waals surface area contributed by atoms with Gasteiger partial charge in [0.25, 0.3) is 0 Å². The number of nitrogens with one attached hydrogen (secondary N) is 2. The molecule has 0 aromatic heterocycles. The summed E-state index contributed by atoms with van der Waals surface area (Å²) in [5.41, 5.74) is 4.51. The molecular formula is C21H27N3O3S. The Morgan fingerprint density at radius 2 is 1.68 bits per heavy atom. The number of hydrazone groups is 1. The van der Waals surface area contributed by atoms with Crippen molar-refractivity contribution in [1.82, 2.24) is 10.7 Å². The van der Waals surface area contributed by atoms with Crippen molar-refractivity contribution < 1.29 is 14.2 Å². The van der Waals surface area contributed by atoms with Gasteiger partial charge in [0.1, 0.15) is 6.61 Å². The second kappa shape index (κ2) is 9.94. The lowest BCUT2D eigenvalue weighted by molar-refractivity contribution is 0.266. The predicted octanol–water partition coefficient (Wildman–Crippen LogP) is 3.88. The Morgan fingerprint density at radius 1 is 1.07 bits per heavy atom. The molecule has 0 aliphatic carbocycles. The molecule has 0 atom stereocenters. The van der Waals surface area contributed by atoms with Crippen molar-refractivity contribution in [2.75, 3.05) is 14.2 Å². The number of hydrogen-bond donors (Lipinski definition) is 2. The zero-order valence-corrected chi connectivity index (χ0v) is 17.7. The number of thiocarbonyl (C=S) groups is 1. The fraction of sp³-hybridized carbons (Fsp3) is 0.333. The standard InChI is InChI=1S/C21H27N3O3S/c1-21(2,3)23-20(28)24-22-13-16-11-17(25-4)19(18(12-16)26-5)27-14-15-9-7-6-8-10-15/h6-13H,14H2,1-5H3,(H2,23,24,28)/b22-13-. The van der Waals surface area contributed by atoms with Crippen LogP contribution in [0.15, 0.2) is 47.6 Å². The average Bonchev–Trinajstić information content (AvgIpc) is 2.65. The molecule has 6 nitrogen and oxygen atoms in total. The first-order chi connectivity index (χ1) is 13.3. The van der Waals surface area contributed by atoms with Crippen molar-refractivity contribution in [3.8, 4) is 17.2 Å². The molecule has 2 N–H and O–H groups in total. The van der Waals surface area contributed by atoms with Crippen molar-refractivity contribution in [3.05, 3.63) is 53.6 Å². The van der Waals surface area contributed by atoms with Gasteiger partial charge in [-0.2, -0.15) is 5.10 Å². The smallest absolute Gasteiger partial charge is 0.203 e. The normalized spacial score (nSPS) is 11.2. The summed E-state index contributed by atoms with van der Waals surface area (Å²) < 4.78 is 16.9. The third kappa shape index (κ3) is 6.74. The molecule has 2 rings (SSSR count). The average molecular weight is 402 g/mol. The van der Waals surface area contributed by atoms with Crippen LogP contribution in [0.4, 0.5) is 0 Å². The zero-order valence-electron chi connectivity index (χ0n) is 16.9. The van der Waals surface area contributed by atoms with Gasteiger partial charge in [-0.1, -0.05) is 30.3 Å². The summed E-state index contributed by atoms with van der Waals surface area (Å²) in [5.74, 6) is 1.67. The van der Waals surface area contributed by atoms with Gasteiger partial charge in [0.2, 0.25) is 5.75 Å². The first-order valence-corrected chi connectivity index (χ1v) is 9.27. The monoisotopic (exact) mass is 401 g/mol. The topological polar surface area (TPSA) is 64.1 Å². The molecule has 0 amide bonds. The maximum atomic E-state index is 5.95. The first kappa shape index (κ1) is 21.5. The van der Waals surface area contributed by atoms with Crippen molar-refractivity contribution in [2.45, 2.75) is 32.9 Å². The van der Waals surface area contributed by atoms with E-state index in [0.717, 1.165) is 11.1 Å². The molecule has 0 aliphatic heterocycles. The van der Waals surface area contributed by atoms with Gasteiger partial charge in [-0.15, -0.1) is 0 Å². The van der Waals surface area contributed by atoms with Crippen LogP contribution < -0.4 is 25.0 Å². The van der Waals surface area contributed by atoms with Crippen LogP contribution in [-0.2, 0) is 6.61 Å². The first-order valence-electron chi connectivity index (χ1n) is 8.86. The van der Waals surface area contributed by atoms with Crippen LogP contribution in [0.5, 0.6) is 17.2 Å². The van der Waals surface area contributed by atoms with E-state index < -0.39 is 0 Å². The molecular weight excluding hydrogens is 374 g/mol. The van der Waals surface area contributed by atoms with Crippen molar-refractivity contribution in [2.24, 2.45) is 5.10 Å². The largest absolute Gasteiger partial charge is 0.493 e. The molecule has 28 heavy (non-hydrogen) atoms. The van der Waals surface area contributed by atoms with E-state index in [1.165, 1.54) is 0 Å². The lowest BCUT2D eigenvalue weighted by atomic mass is 10.1. The number of hydrogen-bond acceptors (Lipinski definition) is 5. The molecule has 0 radical (unpaired) electrons. The number of nitrogens with zero attached hydrogens (tertiary/aromatic N) is 1. The minimum absolute atomic E-state index is 0.135. The molecule has 0 saturated carbocycles. The molecule has 0 heterocycles. The molecule has 0 unspecified atom stereocenters. The SMILES string of the molecule is COc1cc(/C=N\NC(=S)NC(C)(C)C)cc(OC)c1OCc1ccccc1. The van der Waals surface area contributed by atoms with Crippen molar-refractivity contribution >= 4 is 23.5 Å². The van der Waals surface area contributed by atoms with Crippen molar-refractivity contribution in [1.29, 1.82) is 0 Å². The Labute approximate surface area is 171 Å². The second-order valence-electron chi connectivity index (χ2n) is 7.10. The fourth-order valence-corrected chi connectivity index (χ4v) is 2.74. The van der Waals surface area contributed by atoms with E-state index in [-0.39, 0.29) is 5.54 Å². The summed E-state index contributed by atoms with van der Waals surface area (Å²) in [6.07, 6.45) is 1.64. The fourth-order valence-electron chi connectivity index (χ4n) is 2.38. The predicted molar refractivity (Wildman–Crippen MR) is 117 cm³/mol. The van der Waals surface area contributed by atoms with E-state index in [4.69, 9.17) is 26.4 Å². The van der Waals surface area contributed by atoms with Crippen LogP contribution in [-0.4, -0.2) is 31.1 Å². The van der Waals surface area contributed by atoms with Gasteiger partial charge in [0, 0.05) is 11.1 Å². The summed E-state index contributed by atoms with van der Waals surface area (Å²) in [4.78, 5) is 0. The Hall–Kier alpha value is -2.80. The summed E-state index contributed by atoms with van der Waals surface area (Å²) >= 11 is 5.21. The second-order valence-corrected chi connectivity index (χ2v) is 7.51. The number of benzene rings is 2. The summed E-state index contributed by atoms with van der Waals surface area (Å²) in [6.45, 7) is 6.48. The maximum Gasteiger partial charge on any atom is 0.203 e. The minimum atomic E-state index is -0.135. The maximum absolute atomic E-state index is 5.95. The molecule has 0 fully saturated rings. The quantitative estimate of drug-likeness (QED) is 0.417. The van der Waals surface area contributed by atoms with Crippen LogP contribution >= 0.6 is 12.2 Å². The van der Waals surface area contributed by atoms with E-state index >= 15 is 0 Å². The van der Waals surface area contributed by atoms with Gasteiger partial charge < -0.3 is 19.5 Å². The highest BCUT2D eigenvalue weighted by Gasteiger charge is 2.14. The van der Waals surface area contributed by atoms with E-state index in [1.54, 1.807) is 20.4 Å². The summed E-state index contributed by atoms with van der Waals surface area (Å²) in [7, 11) is 3.18. The third-order valence-corrected chi connectivity index (χ3v) is 3.77. The Morgan fingerprint density at radius 3 is 2.21 bits per heavy atom. The highest BCUT2D eigenvalue weighted by molar-refractivity contribution is 7.80. The molecule has 0 bridgehead atoms. The van der Waals surface area contributed by atoms with E-state index in [1.807, 2.05) is 63.2 Å². The summed E-state index contributed by atoms with van der Waals surface area (Å²) in [5, 5.41) is 7.75. The molecule has 0 saturated heterocycles. The van der Waals surface area contributed by atoms with E-state index in [2.05, 4.69) is 15.8 Å². The Bertz CT molecular complexity index is 792. The molecule has 150 valence electrons. The van der Waals surface area contributed by atoms with Gasteiger partial charge in [-0.25, -0.2) is 0 Å². The van der Waals surface area contributed by atoms with Gasteiger partial charge in [0.15, 0.2) is 16.6 Å². The zero-order chi connectivity index (χ0) is 20.6. The van der Waals surface area contributed by atoms with Crippen LogP contribution in [0.25, 0.3) is 0 Å². The van der Waals surface area contributed by atoms with Gasteiger partial charge in [-0.05, 0) is 50.7 Å². The van der Waals surface area contributed by atoms with Gasteiger partial charge >= 0.3 is 0 Å². The molecule has 2 aromatic carbocycles.